The molecule has 1 amide bonds. The molecular formula is C17H26N2O3. The van der Waals surface area contributed by atoms with Crippen LogP contribution in [0.5, 0.6) is 0 Å². The number of pyridine rings is 1. The number of carbonyl (C=O) groups is 1. The van der Waals surface area contributed by atoms with Crippen molar-refractivity contribution in [3.05, 3.63) is 30.1 Å². The van der Waals surface area contributed by atoms with Gasteiger partial charge in [0.15, 0.2) is 0 Å². The Morgan fingerprint density at radius 1 is 1.36 bits per heavy atom. The van der Waals surface area contributed by atoms with Crippen molar-refractivity contribution in [1.29, 1.82) is 0 Å². The van der Waals surface area contributed by atoms with Crippen molar-refractivity contribution in [2.24, 2.45) is 5.92 Å². The molecule has 5 nitrogen and oxygen atoms in total. The lowest BCUT2D eigenvalue weighted by Gasteiger charge is -2.33. The maximum Gasteiger partial charge on any atom is 0.222 e. The standard InChI is InChI=1S/C17H26N2O3/c20-13-16(21)15-7-10-19(11-8-15)17(22)6-2-1-4-14-5-3-9-18-12-14/h3,5,9,12,15-16,20-21H,1-2,4,6-8,10-11,13H2. The number of aliphatic hydroxyl groups excluding tert-OH is 2. The van der Waals surface area contributed by atoms with Crippen LogP contribution in [0, 0.1) is 5.92 Å². The maximum absolute atomic E-state index is 12.2. The molecule has 2 N–H and O–H groups in total. The first-order valence-electron chi connectivity index (χ1n) is 8.16. The average Bonchev–Trinajstić information content (AvgIpc) is 2.59. The van der Waals surface area contributed by atoms with Crippen molar-refractivity contribution < 1.29 is 15.0 Å². The summed E-state index contributed by atoms with van der Waals surface area (Å²) in [5.41, 5.74) is 1.22. The van der Waals surface area contributed by atoms with E-state index in [1.165, 1.54) is 5.56 Å². The summed E-state index contributed by atoms with van der Waals surface area (Å²) in [5.74, 6) is 0.336. The van der Waals surface area contributed by atoms with E-state index in [9.17, 15) is 9.90 Å². The molecule has 1 unspecified atom stereocenters. The second-order valence-corrected chi connectivity index (χ2v) is 6.04. The third kappa shape index (κ3) is 5.07. The Morgan fingerprint density at radius 2 is 2.14 bits per heavy atom. The minimum Gasteiger partial charge on any atom is -0.394 e. The van der Waals surface area contributed by atoms with Crippen LogP contribution in [0.25, 0.3) is 0 Å². The largest absolute Gasteiger partial charge is 0.394 e. The monoisotopic (exact) mass is 306 g/mol. The first-order chi connectivity index (χ1) is 10.7. The van der Waals surface area contributed by atoms with Crippen LogP contribution in [-0.2, 0) is 11.2 Å². The van der Waals surface area contributed by atoms with E-state index in [-0.39, 0.29) is 18.4 Å². The summed E-state index contributed by atoms with van der Waals surface area (Å²) in [6.45, 7) is 1.21. The minimum atomic E-state index is -0.642. The van der Waals surface area contributed by atoms with Crippen molar-refractivity contribution in [3.63, 3.8) is 0 Å². The third-order valence-electron chi connectivity index (χ3n) is 4.45. The molecule has 2 rings (SSSR count). The topological polar surface area (TPSA) is 73.7 Å². The first kappa shape index (κ1) is 16.9. The summed E-state index contributed by atoms with van der Waals surface area (Å²) >= 11 is 0. The highest BCUT2D eigenvalue weighted by Crippen LogP contribution is 2.21. The quantitative estimate of drug-likeness (QED) is 0.747. The van der Waals surface area contributed by atoms with E-state index in [0.29, 0.717) is 19.5 Å². The van der Waals surface area contributed by atoms with Gasteiger partial charge in [-0.15, -0.1) is 0 Å². The lowest BCUT2D eigenvalue weighted by atomic mass is 9.91. The Balaban J connectivity index is 1.62. The van der Waals surface area contributed by atoms with E-state index in [4.69, 9.17) is 5.11 Å². The predicted molar refractivity (Wildman–Crippen MR) is 84.2 cm³/mol. The van der Waals surface area contributed by atoms with Crippen molar-refractivity contribution in [3.8, 4) is 0 Å². The van der Waals surface area contributed by atoms with Gasteiger partial charge in [0.25, 0.3) is 0 Å². The van der Waals surface area contributed by atoms with E-state index in [0.717, 1.165) is 32.1 Å². The molecule has 1 aromatic rings. The van der Waals surface area contributed by atoms with Gasteiger partial charge < -0.3 is 15.1 Å². The molecule has 1 aliphatic heterocycles. The number of rotatable bonds is 7. The molecule has 0 aliphatic carbocycles. The fraction of sp³-hybridized carbons (Fsp3) is 0.647. The molecule has 0 bridgehead atoms. The Bertz CT molecular complexity index is 444. The summed E-state index contributed by atoms with van der Waals surface area (Å²) in [7, 11) is 0. The van der Waals surface area contributed by atoms with E-state index < -0.39 is 6.10 Å². The Hall–Kier alpha value is -1.46. The van der Waals surface area contributed by atoms with E-state index in [2.05, 4.69) is 11.1 Å². The zero-order valence-corrected chi connectivity index (χ0v) is 13.0. The van der Waals surface area contributed by atoms with Crippen molar-refractivity contribution in [1.82, 2.24) is 9.88 Å². The van der Waals surface area contributed by atoms with Crippen LogP contribution in [-0.4, -0.2) is 51.8 Å². The van der Waals surface area contributed by atoms with Crippen LogP contribution in [0.2, 0.25) is 0 Å². The third-order valence-corrected chi connectivity index (χ3v) is 4.45. The number of aromatic nitrogens is 1. The number of hydrogen-bond donors (Lipinski definition) is 2. The van der Waals surface area contributed by atoms with Gasteiger partial charge >= 0.3 is 0 Å². The summed E-state index contributed by atoms with van der Waals surface area (Å²) in [6, 6.07) is 4.00. The van der Waals surface area contributed by atoms with E-state index in [1.54, 1.807) is 6.20 Å². The molecule has 1 atom stereocenters. The highest BCUT2D eigenvalue weighted by Gasteiger charge is 2.26. The highest BCUT2D eigenvalue weighted by molar-refractivity contribution is 5.76. The fourth-order valence-corrected chi connectivity index (χ4v) is 2.99. The smallest absolute Gasteiger partial charge is 0.222 e. The van der Waals surface area contributed by atoms with Crippen molar-refractivity contribution >= 4 is 5.91 Å². The van der Waals surface area contributed by atoms with Gasteiger partial charge in [-0.05, 0) is 49.7 Å². The number of piperidine rings is 1. The molecule has 1 aliphatic rings. The molecule has 0 spiro atoms. The van der Waals surface area contributed by atoms with Crippen LogP contribution in [0.15, 0.2) is 24.5 Å². The second kappa shape index (κ2) is 8.86. The molecule has 0 radical (unpaired) electrons. The van der Waals surface area contributed by atoms with Gasteiger partial charge in [-0.2, -0.15) is 0 Å². The number of unbranched alkanes of at least 4 members (excludes halogenated alkanes) is 1. The van der Waals surface area contributed by atoms with Crippen LogP contribution >= 0.6 is 0 Å². The predicted octanol–water partition coefficient (Wildman–Crippen LogP) is 1.39. The highest BCUT2D eigenvalue weighted by atomic mass is 16.3. The Kier molecular flexibility index (Phi) is 6.80. The lowest BCUT2D eigenvalue weighted by molar-refractivity contribution is -0.133. The molecule has 2 heterocycles. The van der Waals surface area contributed by atoms with E-state index in [1.807, 2.05) is 17.2 Å². The minimum absolute atomic E-state index is 0.125. The van der Waals surface area contributed by atoms with Crippen LogP contribution in [0.1, 0.15) is 37.7 Å². The molecule has 1 aromatic heterocycles. The molecule has 0 aromatic carbocycles. The van der Waals surface area contributed by atoms with Gasteiger partial charge in [0.2, 0.25) is 5.91 Å². The average molecular weight is 306 g/mol. The van der Waals surface area contributed by atoms with Gasteiger partial charge in [-0.3, -0.25) is 9.78 Å². The zero-order chi connectivity index (χ0) is 15.8. The SMILES string of the molecule is O=C(CCCCc1cccnc1)N1CCC(C(O)CO)CC1. The molecule has 1 fully saturated rings. The Labute approximate surface area is 132 Å². The Morgan fingerprint density at radius 3 is 2.77 bits per heavy atom. The van der Waals surface area contributed by atoms with Gasteiger partial charge in [0.05, 0.1) is 12.7 Å². The lowest BCUT2D eigenvalue weighted by Crippen LogP contribution is -2.41. The number of hydrogen-bond acceptors (Lipinski definition) is 4. The molecule has 5 heteroatoms. The second-order valence-electron chi connectivity index (χ2n) is 6.04. The number of nitrogens with zero attached hydrogens (tertiary/aromatic N) is 2. The number of carbonyl (C=O) groups excluding carboxylic acids is 1. The summed E-state index contributed by atoms with van der Waals surface area (Å²) in [4.78, 5) is 18.1. The molecule has 122 valence electrons. The fourth-order valence-electron chi connectivity index (χ4n) is 2.99. The number of likely N-dealkylation sites (tertiary alicyclic amines) is 1. The molecular weight excluding hydrogens is 280 g/mol. The first-order valence-corrected chi connectivity index (χ1v) is 8.16. The number of amides is 1. The van der Waals surface area contributed by atoms with E-state index >= 15 is 0 Å². The zero-order valence-electron chi connectivity index (χ0n) is 13.0. The number of aryl methyl sites for hydroxylation is 1. The maximum atomic E-state index is 12.2. The van der Waals surface area contributed by atoms with Gasteiger partial charge in [-0.25, -0.2) is 0 Å². The van der Waals surface area contributed by atoms with Crippen LogP contribution in [0.4, 0.5) is 0 Å². The number of aliphatic hydroxyl groups is 2. The summed E-state index contributed by atoms with van der Waals surface area (Å²) in [5, 5.41) is 18.6. The molecule has 0 saturated carbocycles. The molecule has 22 heavy (non-hydrogen) atoms. The van der Waals surface area contributed by atoms with Gasteiger partial charge in [0.1, 0.15) is 0 Å². The molecule has 1 saturated heterocycles. The normalized spacial score (nSPS) is 17.5. The summed E-state index contributed by atoms with van der Waals surface area (Å²) in [6.07, 6.45) is 8.01. The van der Waals surface area contributed by atoms with Crippen LogP contribution in [0.3, 0.4) is 0 Å². The van der Waals surface area contributed by atoms with Crippen molar-refractivity contribution in [2.45, 2.75) is 44.6 Å². The van der Waals surface area contributed by atoms with Gasteiger partial charge in [-0.1, -0.05) is 6.07 Å². The summed E-state index contributed by atoms with van der Waals surface area (Å²) < 4.78 is 0. The van der Waals surface area contributed by atoms with Gasteiger partial charge in [0, 0.05) is 31.9 Å². The van der Waals surface area contributed by atoms with Crippen LogP contribution < -0.4 is 0 Å². The van der Waals surface area contributed by atoms with Crippen molar-refractivity contribution in [2.75, 3.05) is 19.7 Å².